The molecule has 0 saturated heterocycles. The summed E-state index contributed by atoms with van der Waals surface area (Å²) in [6.07, 6.45) is 9.19. The van der Waals surface area contributed by atoms with Crippen LogP contribution in [0.1, 0.15) is 52.4 Å². The standard InChI is InChI=1S/C10H18O.CH4/c11-10-6-5-8-3-1-2-4-9(8)7-10;/h8-11H,1-7H2;1H4. The van der Waals surface area contributed by atoms with E-state index in [4.69, 9.17) is 0 Å². The maximum Gasteiger partial charge on any atom is 0.0543 e. The van der Waals surface area contributed by atoms with Crippen LogP contribution in [-0.2, 0) is 0 Å². The van der Waals surface area contributed by atoms with Crippen molar-refractivity contribution in [3.05, 3.63) is 0 Å². The predicted octanol–water partition coefficient (Wildman–Crippen LogP) is 2.97. The van der Waals surface area contributed by atoms with Crippen LogP contribution in [-0.4, -0.2) is 11.2 Å². The fourth-order valence-electron chi connectivity index (χ4n) is 2.85. The molecule has 0 aromatic heterocycles. The molecule has 1 heteroatoms. The van der Waals surface area contributed by atoms with Crippen LogP contribution in [0.15, 0.2) is 0 Å². The lowest BCUT2D eigenvalue weighted by atomic mass is 9.70. The lowest BCUT2D eigenvalue weighted by Crippen LogP contribution is -2.29. The van der Waals surface area contributed by atoms with Crippen molar-refractivity contribution in [3.8, 4) is 0 Å². The minimum atomic E-state index is 0. The predicted molar refractivity (Wildman–Crippen MR) is 52.0 cm³/mol. The Labute approximate surface area is 76.2 Å². The molecule has 0 spiro atoms. The van der Waals surface area contributed by atoms with Crippen molar-refractivity contribution in [1.29, 1.82) is 0 Å². The average molecular weight is 170 g/mol. The Morgan fingerprint density at radius 1 is 0.833 bits per heavy atom. The van der Waals surface area contributed by atoms with Gasteiger partial charge in [0.05, 0.1) is 6.10 Å². The van der Waals surface area contributed by atoms with Crippen LogP contribution in [0.2, 0.25) is 0 Å². The molecule has 1 nitrogen and oxygen atoms in total. The SMILES string of the molecule is C.OC1CCC2CCCCC2C1. The Balaban J connectivity index is 0.000000720. The number of hydrogen-bond acceptors (Lipinski definition) is 1. The zero-order valence-electron chi connectivity index (χ0n) is 7.13. The Hall–Kier alpha value is -0.0400. The summed E-state index contributed by atoms with van der Waals surface area (Å²) in [7, 11) is 0. The third-order valence-corrected chi connectivity index (χ3v) is 3.51. The quantitative estimate of drug-likeness (QED) is 0.592. The summed E-state index contributed by atoms with van der Waals surface area (Å²) < 4.78 is 0. The number of rotatable bonds is 0. The first-order valence-electron chi connectivity index (χ1n) is 5.04. The second-order valence-electron chi connectivity index (χ2n) is 4.27. The minimum Gasteiger partial charge on any atom is -0.393 e. The van der Waals surface area contributed by atoms with Gasteiger partial charge < -0.3 is 5.11 Å². The molecule has 2 saturated carbocycles. The molecule has 3 atom stereocenters. The Morgan fingerprint density at radius 2 is 1.50 bits per heavy atom. The zero-order valence-corrected chi connectivity index (χ0v) is 7.13. The van der Waals surface area contributed by atoms with E-state index >= 15 is 0 Å². The van der Waals surface area contributed by atoms with Crippen LogP contribution in [0.25, 0.3) is 0 Å². The molecule has 2 aliphatic rings. The van der Waals surface area contributed by atoms with E-state index in [2.05, 4.69) is 0 Å². The molecule has 2 aliphatic carbocycles. The van der Waals surface area contributed by atoms with E-state index in [9.17, 15) is 5.11 Å². The molecule has 0 heterocycles. The van der Waals surface area contributed by atoms with Gasteiger partial charge in [0, 0.05) is 0 Å². The zero-order chi connectivity index (χ0) is 7.68. The molecule has 0 aromatic carbocycles. The largest absolute Gasteiger partial charge is 0.393 e. The summed E-state index contributed by atoms with van der Waals surface area (Å²) >= 11 is 0. The molecule has 0 aromatic rings. The fraction of sp³-hybridized carbons (Fsp3) is 1.00. The van der Waals surface area contributed by atoms with Crippen LogP contribution in [0.4, 0.5) is 0 Å². The smallest absolute Gasteiger partial charge is 0.0543 e. The minimum absolute atomic E-state index is 0. The molecule has 2 fully saturated rings. The van der Waals surface area contributed by atoms with Gasteiger partial charge in [-0.05, 0) is 31.1 Å². The van der Waals surface area contributed by atoms with Crippen LogP contribution in [0.3, 0.4) is 0 Å². The third-order valence-electron chi connectivity index (χ3n) is 3.51. The summed E-state index contributed by atoms with van der Waals surface area (Å²) in [6.45, 7) is 0. The first-order chi connectivity index (χ1) is 5.36. The van der Waals surface area contributed by atoms with Crippen LogP contribution >= 0.6 is 0 Å². The molecular weight excluding hydrogens is 148 g/mol. The van der Waals surface area contributed by atoms with Crippen molar-refractivity contribution >= 4 is 0 Å². The average Bonchev–Trinajstić information content (AvgIpc) is 2.04. The molecule has 12 heavy (non-hydrogen) atoms. The normalized spacial score (nSPS) is 41.2. The molecule has 0 bridgehead atoms. The van der Waals surface area contributed by atoms with Crippen LogP contribution in [0, 0.1) is 11.8 Å². The van der Waals surface area contributed by atoms with Crippen molar-refractivity contribution < 1.29 is 5.11 Å². The van der Waals surface area contributed by atoms with Gasteiger partial charge in [0.2, 0.25) is 0 Å². The van der Waals surface area contributed by atoms with E-state index in [-0.39, 0.29) is 13.5 Å². The van der Waals surface area contributed by atoms with Gasteiger partial charge in [-0.3, -0.25) is 0 Å². The molecule has 3 unspecified atom stereocenters. The van der Waals surface area contributed by atoms with Crippen molar-refractivity contribution in [2.45, 2.75) is 58.5 Å². The van der Waals surface area contributed by atoms with Gasteiger partial charge >= 0.3 is 0 Å². The first kappa shape index (κ1) is 10.0. The van der Waals surface area contributed by atoms with Gasteiger partial charge in [-0.2, -0.15) is 0 Å². The highest BCUT2D eigenvalue weighted by molar-refractivity contribution is 4.82. The highest BCUT2D eigenvalue weighted by Gasteiger charge is 2.30. The highest BCUT2D eigenvalue weighted by atomic mass is 16.3. The lowest BCUT2D eigenvalue weighted by molar-refractivity contribution is 0.0491. The molecular formula is C11H22O. The van der Waals surface area contributed by atoms with E-state index in [1.54, 1.807) is 0 Å². The van der Waals surface area contributed by atoms with Gasteiger partial charge in [-0.25, -0.2) is 0 Å². The second kappa shape index (κ2) is 4.27. The van der Waals surface area contributed by atoms with Gasteiger partial charge in [0.25, 0.3) is 0 Å². The lowest BCUT2D eigenvalue weighted by Gasteiger charge is -2.37. The maximum absolute atomic E-state index is 9.45. The van der Waals surface area contributed by atoms with Crippen molar-refractivity contribution in [2.75, 3.05) is 0 Å². The molecule has 72 valence electrons. The molecule has 0 radical (unpaired) electrons. The summed E-state index contributed by atoms with van der Waals surface area (Å²) in [5, 5.41) is 9.45. The summed E-state index contributed by atoms with van der Waals surface area (Å²) in [4.78, 5) is 0. The molecule has 2 rings (SSSR count). The Morgan fingerprint density at radius 3 is 2.25 bits per heavy atom. The summed E-state index contributed by atoms with van der Waals surface area (Å²) in [5.74, 6) is 1.86. The van der Waals surface area contributed by atoms with E-state index in [0.29, 0.717) is 0 Å². The Bertz CT molecular complexity index is 133. The molecule has 0 aliphatic heterocycles. The van der Waals surface area contributed by atoms with Crippen molar-refractivity contribution in [2.24, 2.45) is 11.8 Å². The van der Waals surface area contributed by atoms with E-state index in [1.165, 1.54) is 32.1 Å². The first-order valence-corrected chi connectivity index (χ1v) is 5.04. The van der Waals surface area contributed by atoms with Crippen molar-refractivity contribution in [1.82, 2.24) is 0 Å². The topological polar surface area (TPSA) is 20.2 Å². The molecule has 1 N–H and O–H groups in total. The molecule has 0 amide bonds. The third kappa shape index (κ3) is 2.01. The van der Waals surface area contributed by atoms with Crippen LogP contribution in [0.5, 0.6) is 0 Å². The van der Waals surface area contributed by atoms with E-state index in [0.717, 1.165) is 24.7 Å². The van der Waals surface area contributed by atoms with Gasteiger partial charge in [0.15, 0.2) is 0 Å². The second-order valence-corrected chi connectivity index (χ2v) is 4.27. The van der Waals surface area contributed by atoms with Gasteiger partial charge in [-0.15, -0.1) is 0 Å². The summed E-state index contributed by atoms with van der Waals surface area (Å²) in [5.41, 5.74) is 0. The monoisotopic (exact) mass is 170 g/mol. The number of aliphatic hydroxyl groups is 1. The number of aliphatic hydroxyl groups excluding tert-OH is 1. The maximum atomic E-state index is 9.45. The van der Waals surface area contributed by atoms with Gasteiger partial charge in [0.1, 0.15) is 0 Å². The number of fused-ring (bicyclic) bond motifs is 1. The number of hydrogen-bond donors (Lipinski definition) is 1. The van der Waals surface area contributed by atoms with Crippen LogP contribution < -0.4 is 0 Å². The van der Waals surface area contributed by atoms with Crippen molar-refractivity contribution in [3.63, 3.8) is 0 Å². The summed E-state index contributed by atoms with van der Waals surface area (Å²) in [6, 6.07) is 0. The fourth-order valence-corrected chi connectivity index (χ4v) is 2.85. The Kier molecular flexibility index (Phi) is 3.57. The highest BCUT2D eigenvalue weighted by Crippen LogP contribution is 2.40. The van der Waals surface area contributed by atoms with E-state index < -0.39 is 0 Å². The van der Waals surface area contributed by atoms with Gasteiger partial charge in [-0.1, -0.05) is 33.1 Å². The van der Waals surface area contributed by atoms with E-state index in [1.807, 2.05) is 0 Å².